The lowest BCUT2D eigenvalue weighted by atomic mass is 10.1. The molecule has 0 unspecified atom stereocenters. The van der Waals surface area contributed by atoms with Gasteiger partial charge in [0.2, 0.25) is 0 Å². The topological polar surface area (TPSA) is 27.6 Å². The third kappa shape index (κ3) is 2.68. The summed E-state index contributed by atoms with van der Waals surface area (Å²) in [6.45, 7) is 2.88. The summed E-state index contributed by atoms with van der Waals surface area (Å²) >= 11 is 0. The van der Waals surface area contributed by atoms with Crippen LogP contribution in [-0.4, -0.2) is 17.8 Å². The lowest BCUT2D eigenvalue weighted by Crippen LogP contribution is -2.33. The predicted octanol–water partition coefficient (Wildman–Crippen LogP) is 2.29. The molecule has 0 saturated heterocycles. The highest BCUT2D eigenvalue weighted by Gasteiger charge is 2.18. The zero-order valence-electron chi connectivity index (χ0n) is 9.60. The molecule has 2 heterocycles. The fourth-order valence-corrected chi connectivity index (χ4v) is 2.19. The second kappa shape index (κ2) is 5.34. The van der Waals surface area contributed by atoms with Crippen molar-refractivity contribution in [2.45, 2.75) is 19.5 Å². The van der Waals surface area contributed by atoms with Crippen LogP contribution in [0.25, 0.3) is 0 Å². The van der Waals surface area contributed by atoms with Gasteiger partial charge in [-0.1, -0.05) is 24.3 Å². The summed E-state index contributed by atoms with van der Waals surface area (Å²) in [5.74, 6) is 0. The van der Waals surface area contributed by atoms with E-state index in [1.807, 2.05) is 6.21 Å². The van der Waals surface area contributed by atoms with E-state index in [4.69, 9.17) is 0 Å². The first-order valence-corrected chi connectivity index (χ1v) is 5.69. The minimum atomic E-state index is 0. The lowest BCUT2D eigenvalue weighted by Gasteiger charge is -2.21. The molecule has 17 heavy (non-hydrogen) atoms. The van der Waals surface area contributed by atoms with E-state index < -0.39 is 0 Å². The Labute approximate surface area is 108 Å². The molecule has 1 aromatic rings. The zero-order valence-corrected chi connectivity index (χ0v) is 10.4. The van der Waals surface area contributed by atoms with Gasteiger partial charge in [-0.15, -0.1) is 12.4 Å². The first-order valence-electron chi connectivity index (χ1n) is 5.69. The Morgan fingerprint density at radius 2 is 1.82 bits per heavy atom. The number of hydrazine groups is 1. The number of fused-ring (bicyclic) bond motifs is 1. The first kappa shape index (κ1) is 12.1. The smallest absolute Gasteiger partial charge is 0.0444 e. The zero-order chi connectivity index (χ0) is 10.8. The van der Waals surface area contributed by atoms with Gasteiger partial charge in [-0.3, -0.25) is 4.99 Å². The molecular weight excluding hydrogens is 234 g/mol. The summed E-state index contributed by atoms with van der Waals surface area (Å²) in [7, 11) is 0. The van der Waals surface area contributed by atoms with Gasteiger partial charge in [0.25, 0.3) is 0 Å². The van der Waals surface area contributed by atoms with E-state index in [1.54, 1.807) is 0 Å². The highest BCUT2D eigenvalue weighted by molar-refractivity contribution is 5.85. The van der Waals surface area contributed by atoms with Gasteiger partial charge in [-0.25, -0.2) is 5.01 Å². The number of allylic oxidation sites excluding steroid dienone is 1. The molecule has 0 saturated carbocycles. The molecule has 4 heteroatoms. The van der Waals surface area contributed by atoms with E-state index in [2.05, 4.69) is 45.8 Å². The predicted molar refractivity (Wildman–Crippen MR) is 72.1 cm³/mol. The van der Waals surface area contributed by atoms with Gasteiger partial charge in [-0.05, 0) is 17.2 Å². The summed E-state index contributed by atoms with van der Waals surface area (Å²) in [5, 5.41) is 2.26. The SMILES string of the molecule is C1=NCCC(NN2Cc3ccccc3C2)=C1.Cl. The fourth-order valence-electron chi connectivity index (χ4n) is 2.19. The average molecular weight is 250 g/mol. The first-order chi connectivity index (χ1) is 7.92. The Balaban J connectivity index is 0.00000108. The van der Waals surface area contributed by atoms with Crippen molar-refractivity contribution in [1.29, 1.82) is 0 Å². The van der Waals surface area contributed by atoms with Crippen molar-refractivity contribution in [3.63, 3.8) is 0 Å². The normalized spacial score (nSPS) is 18.2. The molecule has 0 atom stereocenters. The van der Waals surface area contributed by atoms with Gasteiger partial charge in [0.1, 0.15) is 0 Å². The third-order valence-electron chi connectivity index (χ3n) is 3.03. The van der Waals surface area contributed by atoms with Crippen LogP contribution < -0.4 is 5.43 Å². The van der Waals surface area contributed by atoms with Crippen LogP contribution in [0.2, 0.25) is 0 Å². The molecule has 0 spiro atoms. The molecule has 0 amide bonds. The fraction of sp³-hybridized carbons (Fsp3) is 0.308. The maximum atomic E-state index is 4.18. The van der Waals surface area contributed by atoms with Crippen LogP contribution in [0, 0.1) is 0 Å². The van der Waals surface area contributed by atoms with Crippen molar-refractivity contribution in [3.05, 3.63) is 47.2 Å². The van der Waals surface area contributed by atoms with Crippen molar-refractivity contribution < 1.29 is 0 Å². The second-order valence-electron chi connectivity index (χ2n) is 4.23. The summed E-state index contributed by atoms with van der Waals surface area (Å²) in [5.41, 5.74) is 7.60. The molecule has 3 rings (SSSR count). The van der Waals surface area contributed by atoms with Gasteiger partial charge >= 0.3 is 0 Å². The monoisotopic (exact) mass is 249 g/mol. The molecule has 1 N–H and O–H groups in total. The van der Waals surface area contributed by atoms with Gasteiger partial charge in [0, 0.05) is 38.0 Å². The van der Waals surface area contributed by atoms with Gasteiger partial charge < -0.3 is 5.43 Å². The number of rotatable bonds is 2. The van der Waals surface area contributed by atoms with Crippen LogP contribution in [0.3, 0.4) is 0 Å². The number of nitrogens with one attached hydrogen (secondary N) is 1. The maximum Gasteiger partial charge on any atom is 0.0444 e. The van der Waals surface area contributed by atoms with Gasteiger partial charge in [0.05, 0.1) is 0 Å². The van der Waals surface area contributed by atoms with E-state index in [0.29, 0.717) is 0 Å². The Kier molecular flexibility index (Phi) is 3.82. The number of dihydropyridines is 1. The summed E-state index contributed by atoms with van der Waals surface area (Å²) in [6, 6.07) is 8.62. The summed E-state index contributed by atoms with van der Waals surface area (Å²) in [4.78, 5) is 4.18. The van der Waals surface area contributed by atoms with Gasteiger partial charge in [-0.2, -0.15) is 0 Å². The van der Waals surface area contributed by atoms with Crippen LogP contribution in [0.5, 0.6) is 0 Å². The molecule has 2 aliphatic heterocycles. The van der Waals surface area contributed by atoms with E-state index in [0.717, 1.165) is 26.1 Å². The van der Waals surface area contributed by atoms with E-state index in [-0.39, 0.29) is 12.4 Å². The lowest BCUT2D eigenvalue weighted by molar-refractivity contribution is 0.213. The average Bonchev–Trinajstić information content (AvgIpc) is 2.72. The number of benzene rings is 1. The van der Waals surface area contributed by atoms with Crippen molar-refractivity contribution >= 4 is 18.6 Å². The second-order valence-corrected chi connectivity index (χ2v) is 4.23. The number of hydrogen-bond acceptors (Lipinski definition) is 3. The standard InChI is InChI=1S/C13H15N3.ClH/c1-2-4-12-10-16(9-11(12)3-1)15-13-5-7-14-8-6-13;/h1-5,7,15H,6,8-10H2;1H. The van der Waals surface area contributed by atoms with Crippen molar-refractivity contribution in [1.82, 2.24) is 10.4 Å². The quantitative estimate of drug-likeness (QED) is 0.871. The molecule has 2 aliphatic rings. The van der Waals surface area contributed by atoms with Crippen molar-refractivity contribution in [3.8, 4) is 0 Å². The van der Waals surface area contributed by atoms with Gasteiger partial charge in [0.15, 0.2) is 0 Å². The Bertz CT molecular complexity index is 429. The van der Waals surface area contributed by atoms with Crippen LogP contribution in [-0.2, 0) is 13.1 Å². The third-order valence-corrected chi connectivity index (χ3v) is 3.03. The van der Waals surface area contributed by atoms with E-state index in [9.17, 15) is 0 Å². The Morgan fingerprint density at radius 3 is 2.41 bits per heavy atom. The van der Waals surface area contributed by atoms with Crippen LogP contribution in [0.1, 0.15) is 17.5 Å². The van der Waals surface area contributed by atoms with Crippen LogP contribution in [0.15, 0.2) is 41.0 Å². The molecule has 0 bridgehead atoms. The van der Waals surface area contributed by atoms with Crippen molar-refractivity contribution in [2.24, 2.45) is 4.99 Å². The molecule has 1 aromatic carbocycles. The molecule has 0 aromatic heterocycles. The largest absolute Gasteiger partial charge is 0.322 e. The molecule has 0 radical (unpaired) electrons. The van der Waals surface area contributed by atoms with Crippen LogP contribution in [0.4, 0.5) is 0 Å². The summed E-state index contributed by atoms with van der Waals surface area (Å²) in [6.07, 6.45) is 4.96. The number of hydrogen-bond donors (Lipinski definition) is 1. The molecular formula is C13H16ClN3. The number of halogens is 1. The van der Waals surface area contributed by atoms with E-state index >= 15 is 0 Å². The maximum absolute atomic E-state index is 4.18. The molecule has 90 valence electrons. The Hall–Kier alpha value is -1.32. The number of aliphatic imine (C=N–C) groups is 1. The summed E-state index contributed by atoms with van der Waals surface area (Å²) < 4.78 is 0. The number of nitrogens with zero attached hydrogens (tertiary/aromatic N) is 2. The van der Waals surface area contributed by atoms with Crippen LogP contribution >= 0.6 is 12.4 Å². The Morgan fingerprint density at radius 1 is 1.12 bits per heavy atom. The highest BCUT2D eigenvalue weighted by atomic mass is 35.5. The minimum absolute atomic E-state index is 0. The molecule has 3 nitrogen and oxygen atoms in total. The van der Waals surface area contributed by atoms with Crippen molar-refractivity contribution in [2.75, 3.05) is 6.54 Å². The molecule has 0 aliphatic carbocycles. The molecule has 0 fully saturated rings. The van der Waals surface area contributed by atoms with E-state index in [1.165, 1.54) is 16.8 Å². The minimum Gasteiger partial charge on any atom is -0.322 e. The highest BCUT2D eigenvalue weighted by Crippen LogP contribution is 2.21.